The van der Waals surface area contributed by atoms with Gasteiger partial charge in [0, 0.05) is 0 Å². The van der Waals surface area contributed by atoms with Gasteiger partial charge in [0.2, 0.25) is 0 Å². The van der Waals surface area contributed by atoms with E-state index in [9.17, 15) is 0 Å². The number of rotatable bonds is 3. The summed E-state index contributed by atoms with van der Waals surface area (Å²) in [5, 5.41) is 10.7. The first-order chi connectivity index (χ1) is 8.83. The lowest BCUT2D eigenvalue weighted by atomic mass is 10.2. The van der Waals surface area contributed by atoms with Crippen molar-refractivity contribution in [3.05, 3.63) is 53.6 Å². The van der Waals surface area contributed by atoms with Gasteiger partial charge < -0.3 is 4.74 Å². The minimum Gasteiger partial charge on any atom is -0.489 e. The number of aryl methyl sites for hydroxylation is 1. The highest BCUT2D eigenvalue weighted by atomic mass is 16.5. The van der Waals surface area contributed by atoms with E-state index in [0.29, 0.717) is 6.61 Å². The van der Waals surface area contributed by atoms with Crippen molar-refractivity contribution in [3.63, 3.8) is 0 Å². The van der Waals surface area contributed by atoms with E-state index in [-0.39, 0.29) is 0 Å². The highest BCUT2D eigenvalue weighted by Crippen LogP contribution is 2.18. The van der Waals surface area contributed by atoms with E-state index in [4.69, 9.17) is 4.74 Å². The molecule has 1 aromatic heterocycles. The van der Waals surface area contributed by atoms with Crippen molar-refractivity contribution in [1.29, 1.82) is 0 Å². The molecule has 0 saturated carbocycles. The zero-order valence-corrected chi connectivity index (χ0v) is 10.1. The Morgan fingerprint density at radius 3 is 2.78 bits per heavy atom. The molecule has 0 amide bonds. The molecule has 0 aliphatic heterocycles. The molecule has 0 unspecified atom stereocenters. The molecular formula is C14H13N3O. The molecule has 90 valence electrons. The van der Waals surface area contributed by atoms with E-state index in [1.54, 1.807) is 0 Å². The normalized spacial score (nSPS) is 10.7. The predicted molar refractivity (Wildman–Crippen MR) is 69.4 cm³/mol. The van der Waals surface area contributed by atoms with Gasteiger partial charge in [0.15, 0.2) is 0 Å². The third-order valence-electron chi connectivity index (χ3n) is 2.87. The molecule has 2 aromatic carbocycles. The number of fused-ring (bicyclic) bond motifs is 1. The molecule has 4 heteroatoms. The first kappa shape index (κ1) is 10.8. The van der Waals surface area contributed by atoms with Crippen molar-refractivity contribution >= 4 is 11.0 Å². The first-order valence-corrected chi connectivity index (χ1v) is 5.81. The molecule has 18 heavy (non-hydrogen) atoms. The molecule has 4 nitrogen and oxygen atoms in total. The van der Waals surface area contributed by atoms with Crippen molar-refractivity contribution in [3.8, 4) is 5.75 Å². The highest BCUT2D eigenvalue weighted by Gasteiger charge is 2.02. The van der Waals surface area contributed by atoms with Crippen LogP contribution >= 0.6 is 0 Å². The van der Waals surface area contributed by atoms with Crippen molar-refractivity contribution < 1.29 is 4.74 Å². The van der Waals surface area contributed by atoms with Crippen LogP contribution in [0.25, 0.3) is 11.0 Å². The smallest absolute Gasteiger partial charge is 0.122 e. The number of H-pyrrole nitrogens is 1. The summed E-state index contributed by atoms with van der Waals surface area (Å²) in [5.41, 5.74) is 3.95. The van der Waals surface area contributed by atoms with Gasteiger partial charge >= 0.3 is 0 Å². The lowest BCUT2D eigenvalue weighted by Gasteiger charge is -2.08. The second kappa shape index (κ2) is 4.49. The number of para-hydroxylation sites is 1. The molecular weight excluding hydrogens is 226 g/mol. The maximum absolute atomic E-state index is 5.79. The number of aromatic amines is 1. The number of aromatic nitrogens is 3. The van der Waals surface area contributed by atoms with Gasteiger partial charge in [-0.1, -0.05) is 24.3 Å². The predicted octanol–water partition coefficient (Wildman–Crippen LogP) is 2.85. The van der Waals surface area contributed by atoms with Gasteiger partial charge in [0.1, 0.15) is 23.4 Å². The van der Waals surface area contributed by atoms with Crippen LogP contribution in [0.3, 0.4) is 0 Å². The van der Waals surface area contributed by atoms with Crippen molar-refractivity contribution in [1.82, 2.24) is 15.4 Å². The van der Waals surface area contributed by atoms with E-state index in [2.05, 4.69) is 15.4 Å². The van der Waals surface area contributed by atoms with E-state index in [1.165, 1.54) is 0 Å². The number of hydrogen-bond acceptors (Lipinski definition) is 3. The molecule has 0 bridgehead atoms. The van der Waals surface area contributed by atoms with Gasteiger partial charge in [-0.05, 0) is 36.2 Å². The van der Waals surface area contributed by atoms with Crippen LogP contribution in [0.2, 0.25) is 0 Å². The number of ether oxygens (including phenoxy) is 1. The van der Waals surface area contributed by atoms with Crippen LogP contribution in [0, 0.1) is 6.92 Å². The zero-order chi connectivity index (χ0) is 12.4. The Morgan fingerprint density at radius 2 is 1.89 bits per heavy atom. The molecule has 1 heterocycles. The Kier molecular flexibility index (Phi) is 2.68. The fraction of sp³-hybridized carbons (Fsp3) is 0.143. The molecule has 0 fully saturated rings. The first-order valence-electron chi connectivity index (χ1n) is 5.81. The summed E-state index contributed by atoms with van der Waals surface area (Å²) in [7, 11) is 0. The Bertz CT molecular complexity index is 675. The van der Waals surface area contributed by atoms with Gasteiger partial charge in [-0.2, -0.15) is 15.4 Å². The monoisotopic (exact) mass is 239 g/mol. The Balaban J connectivity index is 1.78. The second-order valence-electron chi connectivity index (χ2n) is 4.20. The summed E-state index contributed by atoms with van der Waals surface area (Å²) in [4.78, 5) is 0. The second-order valence-corrected chi connectivity index (χ2v) is 4.20. The largest absolute Gasteiger partial charge is 0.489 e. The summed E-state index contributed by atoms with van der Waals surface area (Å²) >= 11 is 0. The maximum atomic E-state index is 5.79. The molecule has 3 aromatic rings. The summed E-state index contributed by atoms with van der Waals surface area (Å²) in [6.45, 7) is 2.57. The topological polar surface area (TPSA) is 50.8 Å². The molecule has 0 aliphatic rings. The minimum absolute atomic E-state index is 0.535. The van der Waals surface area contributed by atoms with E-state index in [1.807, 2.05) is 49.4 Å². The van der Waals surface area contributed by atoms with Crippen molar-refractivity contribution in [2.24, 2.45) is 0 Å². The zero-order valence-electron chi connectivity index (χ0n) is 10.1. The van der Waals surface area contributed by atoms with Gasteiger partial charge in [0.05, 0.1) is 0 Å². The Hall–Kier alpha value is -2.36. The average Bonchev–Trinajstić information content (AvgIpc) is 2.85. The Morgan fingerprint density at radius 1 is 1.06 bits per heavy atom. The minimum atomic E-state index is 0.535. The van der Waals surface area contributed by atoms with E-state index >= 15 is 0 Å². The fourth-order valence-corrected chi connectivity index (χ4v) is 1.86. The summed E-state index contributed by atoms with van der Waals surface area (Å²) in [6.07, 6.45) is 0. The molecule has 0 saturated heterocycles. The van der Waals surface area contributed by atoms with E-state index < -0.39 is 0 Å². The van der Waals surface area contributed by atoms with Crippen LogP contribution in [0.1, 0.15) is 11.1 Å². The van der Waals surface area contributed by atoms with Crippen LogP contribution in [0.15, 0.2) is 42.5 Å². The van der Waals surface area contributed by atoms with Crippen LogP contribution < -0.4 is 4.74 Å². The number of hydrogen-bond donors (Lipinski definition) is 1. The number of nitrogens with one attached hydrogen (secondary N) is 1. The van der Waals surface area contributed by atoms with Crippen LogP contribution in [-0.4, -0.2) is 15.4 Å². The fourth-order valence-electron chi connectivity index (χ4n) is 1.86. The highest BCUT2D eigenvalue weighted by molar-refractivity contribution is 5.74. The van der Waals surface area contributed by atoms with Crippen LogP contribution in [-0.2, 0) is 6.61 Å². The summed E-state index contributed by atoms with van der Waals surface area (Å²) in [6, 6.07) is 13.9. The molecule has 0 radical (unpaired) electrons. The summed E-state index contributed by atoms with van der Waals surface area (Å²) < 4.78 is 5.79. The van der Waals surface area contributed by atoms with Gasteiger partial charge in [-0.25, -0.2) is 0 Å². The lowest BCUT2D eigenvalue weighted by Crippen LogP contribution is -1.96. The van der Waals surface area contributed by atoms with Crippen molar-refractivity contribution in [2.45, 2.75) is 13.5 Å². The quantitative estimate of drug-likeness (QED) is 0.764. The molecule has 1 N–H and O–H groups in total. The molecule has 0 aliphatic carbocycles. The van der Waals surface area contributed by atoms with Gasteiger partial charge in [0.25, 0.3) is 0 Å². The lowest BCUT2D eigenvalue weighted by molar-refractivity contribution is 0.304. The Labute approximate surface area is 105 Å². The average molecular weight is 239 g/mol. The standard InChI is InChI=1S/C14H13N3O/c1-10-4-2-3-5-14(10)18-9-11-6-7-12-13(8-11)16-17-15-12/h2-8H,9H2,1H3,(H,15,16,17). The SMILES string of the molecule is Cc1ccccc1OCc1ccc2n[nH]nc2c1. The van der Waals surface area contributed by atoms with Gasteiger partial charge in [-0.15, -0.1) is 0 Å². The third-order valence-corrected chi connectivity index (χ3v) is 2.87. The maximum Gasteiger partial charge on any atom is 0.122 e. The van der Waals surface area contributed by atoms with E-state index in [0.717, 1.165) is 27.9 Å². The molecule has 0 spiro atoms. The number of benzene rings is 2. The molecule has 3 rings (SSSR count). The molecule has 0 atom stereocenters. The van der Waals surface area contributed by atoms with Gasteiger partial charge in [-0.3, -0.25) is 0 Å². The number of nitrogens with zero attached hydrogens (tertiary/aromatic N) is 2. The van der Waals surface area contributed by atoms with Crippen molar-refractivity contribution in [2.75, 3.05) is 0 Å². The van der Waals surface area contributed by atoms with Crippen LogP contribution in [0.5, 0.6) is 5.75 Å². The summed E-state index contributed by atoms with van der Waals surface area (Å²) in [5.74, 6) is 0.915. The van der Waals surface area contributed by atoms with Crippen LogP contribution in [0.4, 0.5) is 0 Å². The third kappa shape index (κ3) is 2.05.